The van der Waals surface area contributed by atoms with Crippen molar-refractivity contribution in [2.24, 2.45) is 0 Å². The highest BCUT2D eigenvalue weighted by Gasteiger charge is 2.27. The zero-order valence-corrected chi connectivity index (χ0v) is 14.8. The first-order valence-electron chi connectivity index (χ1n) is 8.87. The first-order valence-corrected chi connectivity index (χ1v) is 8.87. The second-order valence-corrected chi connectivity index (χ2v) is 6.47. The molecule has 1 fully saturated rings. The van der Waals surface area contributed by atoms with Crippen LogP contribution in [-0.4, -0.2) is 49.7 Å². The average Bonchev–Trinajstić information content (AvgIpc) is 3.34. The minimum Gasteiger partial charge on any atom is -0.367 e. The van der Waals surface area contributed by atoms with E-state index < -0.39 is 0 Å². The van der Waals surface area contributed by atoms with Crippen LogP contribution in [0.25, 0.3) is 16.6 Å². The molecule has 8 heteroatoms. The van der Waals surface area contributed by atoms with E-state index in [0.29, 0.717) is 18.2 Å². The Morgan fingerprint density at radius 2 is 2.26 bits per heavy atom. The highest BCUT2D eigenvalue weighted by molar-refractivity contribution is 5.93. The monoisotopic (exact) mass is 364 g/mol. The van der Waals surface area contributed by atoms with Crippen molar-refractivity contribution in [2.75, 3.05) is 18.4 Å². The van der Waals surface area contributed by atoms with Gasteiger partial charge in [-0.3, -0.25) is 9.78 Å². The Hall–Kier alpha value is -3.42. The largest absolute Gasteiger partial charge is 0.367 e. The Morgan fingerprint density at radius 3 is 3.04 bits per heavy atom. The third kappa shape index (κ3) is 3.21. The number of nitrogens with one attached hydrogen (secondary N) is 2. The second-order valence-electron chi connectivity index (χ2n) is 6.47. The van der Waals surface area contributed by atoms with Gasteiger partial charge in [0.05, 0.1) is 0 Å². The van der Waals surface area contributed by atoms with Crippen LogP contribution in [0.5, 0.6) is 0 Å². The number of fused-ring (bicyclic) bond motifs is 1. The molecule has 4 rings (SSSR count). The summed E-state index contributed by atoms with van der Waals surface area (Å²) >= 11 is 0. The number of rotatable bonds is 5. The lowest BCUT2D eigenvalue weighted by Gasteiger charge is -2.24. The molecule has 0 spiro atoms. The normalized spacial score (nSPS) is 16.6. The number of anilines is 1. The predicted molar refractivity (Wildman–Crippen MR) is 103 cm³/mol. The maximum Gasteiger partial charge on any atom is 0.349 e. The molecule has 0 saturated carbocycles. The summed E-state index contributed by atoms with van der Waals surface area (Å²) in [5, 5.41) is 9.28. The first kappa shape index (κ1) is 17.0. The molecule has 1 aromatic carbocycles. The van der Waals surface area contributed by atoms with E-state index in [4.69, 9.17) is 0 Å². The number of carbonyl (C=O) groups is 1. The van der Waals surface area contributed by atoms with Gasteiger partial charge in [0.25, 0.3) is 0 Å². The smallest absolute Gasteiger partial charge is 0.349 e. The number of carbonyl (C=O) groups excluding carboxylic acids is 1. The first-order chi connectivity index (χ1) is 13.2. The van der Waals surface area contributed by atoms with Gasteiger partial charge in [-0.2, -0.15) is 9.78 Å². The number of aromatic amines is 1. The predicted octanol–water partition coefficient (Wildman–Crippen LogP) is 1.70. The maximum atomic E-state index is 12.0. The van der Waals surface area contributed by atoms with Crippen molar-refractivity contribution in [1.82, 2.24) is 24.6 Å². The van der Waals surface area contributed by atoms with Crippen molar-refractivity contribution in [3.05, 3.63) is 59.8 Å². The molecule has 138 valence electrons. The van der Waals surface area contributed by atoms with Gasteiger partial charge in [0.15, 0.2) is 5.82 Å². The van der Waals surface area contributed by atoms with Gasteiger partial charge in [-0.15, -0.1) is 0 Å². The van der Waals surface area contributed by atoms with Crippen LogP contribution in [0.1, 0.15) is 12.8 Å². The van der Waals surface area contributed by atoms with Crippen molar-refractivity contribution >= 4 is 22.5 Å². The molecular weight excluding hydrogens is 344 g/mol. The van der Waals surface area contributed by atoms with Gasteiger partial charge in [-0.05, 0) is 30.4 Å². The zero-order valence-electron chi connectivity index (χ0n) is 14.8. The van der Waals surface area contributed by atoms with E-state index >= 15 is 0 Å². The third-order valence-electron chi connectivity index (χ3n) is 4.84. The van der Waals surface area contributed by atoms with Crippen LogP contribution >= 0.6 is 0 Å². The van der Waals surface area contributed by atoms with Gasteiger partial charge in [-0.25, -0.2) is 9.78 Å². The lowest BCUT2D eigenvalue weighted by Crippen LogP contribution is -2.38. The number of pyridine rings is 1. The number of aromatic nitrogens is 4. The number of nitrogens with zero attached hydrogens (tertiary/aromatic N) is 4. The molecule has 1 amide bonds. The summed E-state index contributed by atoms with van der Waals surface area (Å²) in [6.45, 7) is 4.90. The van der Waals surface area contributed by atoms with Gasteiger partial charge in [0.1, 0.15) is 12.1 Å². The molecule has 1 unspecified atom stereocenters. The Balaban J connectivity index is 1.66. The minimum absolute atomic E-state index is 0.0473. The molecule has 1 aliphatic heterocycles. The summed E-state index contributed by atoms with van der Waals surface area (Å²) in [4.78, 5) is 32.9. The molecule has 8 nitrogen and oxygen atoms in total. The molecule has 3 aromatic rings. The third-order valence-corrected chi connectivity index (χ3v) is 4.84. The molecule has 27 heavy (non-hydrogen) atoms. The van der Waals surface area contributed by atoms with Gasteiger partial charge < -0.3 is 10.2 Å². The van der Waals surface area contributed by atoms with E-state index in [1.54, 1.807) is 0 Å². The lowest BCUT2D eigenvalue weighted by atomic mass is 10.1. The quantitative estimate of drug-likeness (QED) is 0.672. The number of hydrogen-bond acceptors (Lipinski definition) is 5. The molecule has 1 aliphatic rings. The summed E-state index contributed by atoms with van der Waals surface area (Å²) in [6, 6.07) is 9.73. The van der Waals surface area contributed by atoms with Gasteiger partial charge in [-0.1, -0.05) is 30.8 Å². The van der Waals surface area contributed by atoms with Crippen LogP contribution in [0.3, 0.4) is 0 Å². The number of amides is 1. The minimum atomic E-state index is -0.345. The molecule has 0 bridgehead atoms. The van der Waals surface area contributed by atoms with Crippen LogP contribution in [-0.2, 0) is 4.79 Å². The summed E-state index contributed by atoms with van der Waals surface area (Å²) in [7, 11) is 0. The van der Waals surface area contributed by atoms with Gasteiger partial charge >= 0.3 is 5.69 Å². The van der Waals surface area contributed by atoms with Crippen LogP contribution in [0, 0.1) is 0 Å². The highest BCUT2D eigenvalue weighted by atomic mass is 16.2. The molecule has 2 N–H and O–H groups in total. The lowest BCUT2D eigenvalue weighted by molar-refractivity contribution is -0.126. The summed E-state index contributed by atoms with van der Waals surface area (Å²) < 4.78 is 1.22. The van der Waals surface area contributed by atoms with Crippen LogP contribution in [0.15, 0.2) is 54.1 Å². The molecule has 2 aromatic heterocycles. The summed E-state index contributed by atoms with van der Waals surface area (Å²) in [5.41, 5.74) is -0.345. The Labute approximate surface area is 155 Å². The Kier molecular flexibility index (Phi) is 4.45. The summed E-state index contributed by atoms with van der Waals surface area (Å²) in [5.74, 6) is 1.05. The van der Waals surface area contributed by atoms with Crippen LogP contribution < -0.4 is 11.0 Å². The maximum absolute atomic E-state index is 12.0. The average molecular weight is 364 g/mol. The zero-order chi connectivity index (χ0) is 18.8. The molecule has 1 atom stereocenters. The number of benzene rings is 1. The van der Waals surface area contributed by atoms with E-state index in [0.717, 1.165) is 30.2 Å². The fourth-order valence-corrected chi connectivity index (χ4v) is 3.52. The number of H-pyrrole nitrogens is 1. The van der Waals surface area contributed by atoms with E-state index in [9.17, 15) is 9.59 Å². The molecule has 0 radical (unpaired) electrons. The SMILES string of the molecule is C=CC(=O)N1CCCC1CNc1nc(-n2nc[nH]c2=O)cc2ccccc12. The molecule has 1 saturated heterocycles. The molecular formula is C19H20N6O2. The Morgan fingerprint density at radius 1 is 1.41 bits per heavy atom. The second kappa shape index (κ2) is 7.06. The van der Waals surface area contributed by atoms with E-state index in [2.05, 4.69) is 27.0 Å². The topological polar surface area (TPSA) is 95.9 Å². The van der Waals surface area contributed by atoms with Crippen molar-refractivity contribution in [3.8, 4) is 5.82 Å². The molecule has 3 heterocycles. The van der Waals surface area contributed by atoms with Crippen LogP contribution in [0.2, 0.25) is 0 Å². The van der Waals surface area contributed by atoms with E-state index in [1.165, 1.54) is 17.1 Å². The van der Waals surface area contributed by atoms with Crippen molar-refractivity contribution < 1.29 is 4.79 Å². The standard InChI is InChI=1S/C19H20N6O2/c1-2-17(26)24-9-5-7-14(24)11-20-18-15-8-4-3-6-13(15)10-16(23-18)25-19(27)21-12-22-25/h2-4,6,8,10,12,14H,1,5,7,9,11H2,(H,20,23)(H,21,22,27). The number of hydrogen-bond donors (Lipinski definition) is 2. The van der Waals surface area contributed by atoms with E-state index in [1.807, 2.05) is 35.2 Å². The van der Waals surface area contributed by atoms with Crippen molar-refractivity contribution in [1.29, 1.82) is 0 Å². The van der Waals surface area contributed by atoms with Gasteiger partial charge in [0.2, 0.25) is 5.91 Å². The van der Waals surface area contributed by atoms with Crippen LogP contribution in [0.4, 0.5) is 5.82 Å². The summed E-state index contributed by atoms with van der Waals surface area (Å²) in [6.07, 6.45) is 4.60. The van der Waals surface area contributed by atoms with Crippen molar-refractivity contribution in [3.63, 3.8) is 0 Å². The Bertz CT molecular complexity index is 1050. The highest BCUT2D eigenvalue weighted by Crippen LogP contribution is 2.25. The van der Waals surface area contributed by atoms with Crippen molar-refractivity contribution in [2.45, 2.75) is 18.9 Å². The fraction of sp³-hybridized carbons (Fsp3) is 0.263. The van der Waals surface area contributed by atoms with E-state index in [-0.39, 0.29) is 17.6 Å². The molecule has 0 aliphatic carbocycles. The number of likely N-dealkylation sites (tertiary alicyclic amines) is 1. The fourth-order valence-electron chi connectivity index (χ4n) is 3.52. The van der Waals surface area contributed by atoms with Gasteiger partial charge in [0, 0.05) is 24.5 Å².